The molecule has 0 unspecified atom stereocenters. The van der Waals surface area contributed by atoms with Crippen LogP contribution in [0.5, 0.6) is 0 Å². The first kappa shape index (κ1) is 18.1. The maximum atomic E-state index is 12.0. The quantitative estimate of drug-likeness (QED) is 0.435. The van der Waals surface area contributed by atoms with E-state index in [1.54, 1.807) is 23.5 Å². The number of fused-ring (bicyclic) bond motifs is 2. The molecule has 1 fully saturated rings. The average Bonchev–Trinajstić information content (AvgIpc) is 3.22. The standard InChI is InChI=1S/C23H21N3O2S/c1-28-23(27)16-9-10-17-18(13-16)25-22(26-11-5-2-6-12-26)21(24-17)20-14-15-7-3-4-8-19(15)29-20/h3-4,7-10,13-14H,2,5-6,11-12H2,1H3. The molecule has 0 amide bonds. The Morgan fingerprint density at radius 1 is 1.00 bits per heavy atom. The van der Waals surface area contributed by atoms with Crippen LogP contribution in [-0.2, 0) is 4.74 Å². The van der Waals surface area contributed by atoms with Gasteiger partial charge in [0.1, 0.15) is 5.69 Å². The van der Waals surface area contributed by atoms with Crippen molar-refractivity contribution in [2.24, 2.45) is 0 Å². The van der Waals surface area contributed by atoms with Gasteiger partial charge in [0.05, 0.1) is 28.6 Å². The molecule has 3 heterocycles. The lowest BCUT2D eigenvalue weighted by Gasteiger charge is -2.29. The number of esters is 1. The van der Waals surface area contributed by atoms with E-state index in [1.165, 1.54) is 23.6 Å². The zero-order valence-corrected chi connectivity index (χ0v) is 17.0. The predicted octanol–water partition coefficient (Wildman–Crippen LogP) is 5.29. The zero-order valence-electron chi connectivity index (χ0n) is 16.2. The number of carbonyl (C=O) groups excluding carboxylic acids is 1. The van der Waals surface area contributed by atoms with Crippen molar-refractivity contribution in [1.82, 2.24) is 9.97 Å². The Morgan fingerprint density at radius 2 is 1.83 bits per heavy atom. The van der Waals surface area contributed by atoms with Gasteiger partial charge in [0.25, 0.3) is 0 Å². The number of benzene rings is 2. The van der Waals surface area contributed by atoms with Crippen molar-refractivity contribution in [2.75, 3.05) is 25.1 Å². The highest BCUT2D eigenvalue weighted by Crippen LogP contribution is 2.38. The molecule has 1 aliphatic heterocycles. The lowest BCUT2D eigenvalue weighted by molar-refractivity contribution is 0.0601. The molecule has 0 atom stereocenters. The minimum Gasteiger partial charge on any atom is -0.465 e. The number of thiophene rings is 1. The molecular formula is C23H21N3O2S. The number of aromatic nitrogens is 2. The third-order valence-corrected chi connectivity index (χ3v) is 6.50. The van der Waals surface area contributed by atoms with Gasteiger partial charge in [-0.3, -0.25) is 0 Å². The Morgan fingerprint density at radius 3 is 2.62 bits per heavy atom. The third-order valence-electron chi connectivity index (χ3n) is 5.38. The molecule has 2 aromatic heterocycles. The topological polar surface area (TPSA) is 55.3 Å². The highest BCUT2D eigenvalue weighted by atomic mass is 32.1. The Labute approximate surface area is 173 Å². The number of hydrogen-bond acceptors (Lipinski definition) is 6. The molecule has 0 aliphatic carbocycles. The van der Waals surface area contributed by atoms with Crippen LogP contribution in [-0.4, -0.2) is 36.1 Å². The number of piperidine rings is 1. The Bertz CT molecular complexity index is 1180. The van der Waals surface area contributed by atoms with Gasteiger partial charge in [-0.05, 0) is 55.0 Å². The van der Waals surface area contributed by atoms with Crippen LogP contribution in [0.4, 0.5) is 5.82 Å². The van der Waals surface area contributed by atoms with Crippen LogP contribution in [0.1, 0.15) is 29.6 Å². The molecule has 5 nitrogen and oxygen atoms in total. The summed E-state index contributed by atoms with van der Waals surface area (Å²) in [4.78, 5) is 25.4. The van der Waals surface area contributed by atoms with Crippen molar-refractivity contribution in [3.05, 3.63) is 54.1 Å². The summed E-state index contributed by atoms with van der Waals surface area (Å²) < 4.78 is 6.11. The van der Waals surface area contributed by atoms with E-state index in [1.807, 2.05) is 6.07 Å². The average molecular weight is 404 g/mol. The second-order valence-electron chi connectivity index (χ2n) is 7.29. The molecule has 0 radical (unpaired) electrons. The van der Waals surface area contributed by atoms with Crippen molar-refractivity contribution in [2.45, 2.75) is 19.3 Å². The number of ether oxygens (including phenoxy) is 1. The summed E-state index contributed by atoms with van der Waals surface area (Å²) >= 11 is 1.75. The molecule has 1 saturated heterocycles. The predicted molar refractivity (Wildman–Crippen MR) is 118 cm³/mol. The van der Waals surface area contributed by atoms with E-state index in [0.29, 0.717) is 5.56 Å². The van der Waals surface area contributed by atoms with Gasteiger partial charge in [-0.15, -0.1) is 11.3 Å². The molecular weight excluding hydrogens is 382 g/mol. The maximum Gasteiger partial charge on any atom is 0.337 e. The number of nitrogens with zero attached hydrogens (tertiary/aromatic N) is 3. The van der Waals surface area contributed by atoms with E-state index in [4.69, 9.17) is 14.7 Å². The van der Waals surface area contributed by atoms with Crippen molar-refractivity contribution in [3.8, 4) is 10.6 Å². The molecule has 2 aromatic carbocycles. The molecule has 29 heavy (non-hydrogen) atoms. The van der Waals surface area contributed by atoms with E-state index in [0.717, 1.165) is 53.4 Å². The Balaban J connectivity index is 1.70. The van der Waals surface area contributed by atoms with Crippen LogP contribution in [0.3, 0.4) is 0 Å². The van der Waals surface area contributed by atoms with Crippen LogP contribution in [0.2, 0.25) is 0 Å². The van der Waals surface area contributed by atoms with Crippen molar-refractivity contribution in [1.29, 1.82) is 0 Å². The van der Waals surface area contributed by atoms with Gasteiger partial charge in [-0.2, -0.15) is 0 Å². The zero-order chi connectivity index (χ0) is 19.8. The summed E-state index contributed by atoms with van der Waals surface area (Å²) in [5.74, 6) is 0.549. The second kappa shape index (κ2) is 7.44. The van der Waals surface area contributed by atoms with Crippen LogP contribution in [0.25, 0.3) is 31.7 Å². The number of carbonyl (C=O) groups is 1. The second-order valence-corrected chi connectivity index (χ2v) is 8.37. The normalized spacial score (nSPS) is 14.4. The molecule has 146 valence electrons. The van der Waals surface area contributed by atoms with Crippen molar-refractivity contribution >= 4 is 44.2 Å². The lowest BCUT2D eigenvalue weighted by atomic mass is 10.1. The summed E-state index contributed by atoms with van der Waals surface area (Å²) in [6.45, 7) is 1.96. The smallest absolute Gasteiger partial charge is 0.337 e. The lowest BCUT2D eigenvalue weighted by Crippen LogP contribution is -2.30. The van der Waals surface area contributed by atoms with Gasteiger partial charge in [0, 0.05) is 17.8 Å². The number of anilines is 1. The molecule has 0 spiro atoms. The minimum atomic E-state index is -0.359. The van der Waals surface area contributed by atoms with E-state index in [2.05, 4.69) is 35.2 Å². The van der Waals surface area contributed by atoms with Gasteiger partial charge >= 0.3 is 5.97 Å². The minimum absolute atomic E-state index is 0.359. The largest absolute Gasteiger partial charge is 0.465 e. The van der Waals surface area contributed by atoms with Crippen LogP contribution in [0.15, 0.2) is 48.5 Å². The van der Waals surface area contributed by atoms with E-state index < -0.39 is 0 Å². The summed E-state index contributed by atoms with van der Waals surface area (Å²) in [6, 6.07) is 16.0. The number of hydrogen-bond donors (Lipinski definition) is 0. The molecule has 0 bridgehead atoms. The van der Waals surface area contributed by atoms with Gasteiger partial charge < -0.3 is 9.64 Å². The molecule has 1 aliphatic rings. The molecule has 4 aromatic rings. The summed E-state index contributed by atoms with van der Waals surface area (Å²) in [5, 5.41) is 1.22. The van der Waals surface area contributed by atoms with Crippen molar-refractivity contribution < 1.29 is 9.53 Å². The Kier molecular flexibility index (Phi) is 4.64. The molecule has 5 rings (SSSR count). The van der Waals surface area contributed by atoms with Crippen LogP contribution < -0.4 is 4.90 Å². The fourth-order valence-corrected chi connectivity index (χ4v) is 4.93. The van der Waals surface area contributed by atoms with Gasteiger partial charge in [0.15, 0.2) is 5.82 Å². The third kappa shape index (κ3) is 3.34. The first-order chi connectivity index (χ1) is 14.2. The fraction of sp³-hybridized carbons (Fsp3) is 0.261. The first-order valence-corrected chi connectivity index (χ1v) is 10.7. The highest BCUT2D eigenvalue weighted by Gasteiger charge is 2.21. The highest BCUT2D eigenvalue weighted by molar-refractivity contribution is 7.22. The summed E-state index contributed by atoms with van der Waals surface area (Å²) in [7, 11) is 1.39. The molecule has 0 N–H and O–H groups in total. The summed E-state index contributed by atoms with van der Waals surface area (Å²) in [5.41, 5.74) is 2.92. The fourth-order valence-electron chi connectivity index (χ4n) is 3.88. The van der Waals surface area contributed by atoms with Crippen LogP contribution >= 0.6 is 11.3 Å². The van der Waals surface area contributed by atoms with Gasteiger partial charge in [0.2, 0.25) is 0 Å². The SMILES string of the molecule is COC(=O)c1ccc2nc(-c3cc4ccccc4s3)c(N3CCCCC3)nc2c1. The van der Waals surface area contributed by atoms with E-state index >= 15 is 0 Å². The Hall–Kier alpha value is -2.99. The van der Waals surface area contributed by atoms with E-state index in [-0.39, 0.29) is 5.97 Å². The summed E-state index contributed by atoms with van der Waals surface area (Å²) in [6.07, 6.45) is 3.57. The molecule has 0 saturated carbocycles. The van der Waals surface area contributed by atoms with Gasteiger partial charge in [-0.25, -0.2) is 14.8 Å². The number of rotatable bonds is 3. The molecule has 6 heteroatoms. The van der Waals surface area contributed by atoms with E-state index in [9.17, 15) is 4.79 Å². The van der Waals surface area contributed by atoms with Crippen molar-refractivity contribution in [3.63, 3.8) is 0 Å². The number of methoxy groups -OCH3 is 1. The first-order valence-electron chi connectivity index (χ1n) is 9.87. The monoisotopic (exact) mass is 403 g/mol. The van der Waals surface area contributed by atoms with Crippen LogP contribution in [0, 0.1) is 0 Å². The maximum absolute atomic E-state index is 12.0. The van der Waals surface area contributed by atoms with Gasteiger partial charge in [-0.1, -0.05) is 18.2 Å².